The maximum absolute atomic E-state index is 12.2. The first kappa shape index (κ1) is 16.7. The molecule has 2 aromatic rings. The number of amides is 1. The van der Waals surface area contributed by atoms with Crippen molar-refractivity contribution in [1.29, 1.82) is 5.26 Å². The van der Waals surface area contributed by atoms with E-state index in [0.717, 1.165) is 25.0 Å². The maximum atomic E-state index is 12.2. The molecule has 0 saturated carbocycles. The molecule has 5 nitrogen and oxygen atoms in total. The van der Waals surface area contributed by atoms with E-state index >= 15 is 0 Å². The summed E-state index contributed by atoms with van der Waals surface area (Å²) >= 11 is 0. The van der Waals surface area contributed by atoms with E-state index in [1.54, 1.807) is 31.2 Å². The van der Waals surface area contributed by atoms with Gasteiger partial charge in [0.05, 0.1) is 11.6 Å². The van der Waals surface area contributed by atoms with Crippen LogP contribution in [-0.2, 0) is 17.6 Å². The number of nitrogens with one attached hydrogen (secondary N) is 1. The molecule has 1 atom stereocenters. The normalized spacial score (nSPS) is 15.8. The molecule has 2 aromatic carbocycles. The Kier molecular flexibility index (Phi) is 5.10. The third-order valence-corrected chi connectivity index (χ3v) is 4.19. The molecular weight excluding hydrogens is 314 g/mol. The highest BCUT2D eigenvalue weighted by Gasteiger charge is 2.17. The zero-order valence-electron chi connectivity index (χ0n) is 14.0. The Bertz CT molecular complexity index is 835. The summed E-state index contributed by atoms with van der Waals surface area (Å²) in [7, 11) is 0. The van der Waals surface area contributed by atoms with Crippen LogP contribution in [0.4, 0.5) is 0 Å². The van der Waals surface area contributed by atoms with Crippen LogP contribution in [0.15, 0.2) is 53.6 Å². The fraction of sp³-hybridized carbons (Fsp3) is 0.250. The zero-order valence-corrected chi connectivity index (χ0v) is 14.0. The van der Waals surface area contributed by atoms with Crippen LogP contribution in [0.5, 0.6) is 5.75 Å². The molecule has 3 rings (SSSR count). The van der Waals surface area contributed by atoms with Gasteiger partial charge in [-0.05, 0) is 55.2 Å². The molecule has 0 fully saturated rings. The summed E-state index contributed by atoms with van der Waals surface area (Å²) in [4.78, 5) is 12.2. The Morgan fingerprint density at radius 2 is 1.88 bits per heavy atom. The van der Waals surface area contributed by atoms with Crippen molar-refractivity contribution in [1.82, 2.24) is 5.43 Å². The van der Waals surface area contributed by atoms with Gasteiger partial charge in [-0.1, -0.05) is 24.3 Å². The number of hydrogen-bond donors (Lipinski definition) is 1. The average molecular weight is 333 g/mol. The fourth-order valence-electron chi connectivity index (χ4n) is 2.75. The number of fused-ring (bicyclic) bond motifs is 1. The standard InChI is InChI=1S/C20H19N3O2/c1-14(25-19-10-6-15(13-21)7-11-19)20(24)23-22-18-9-8-16-4-2-3-5-17(16)12-18/h2-7,10-11,14H,8-9,12H2,1H3,(H,23,24)/b22-18+/t14-/m0/s1. The first-order valence-corrected chi connectivity index (χ1v) is 8.24. The second-order valence-electron chi connectivity index (χ2n) is 6.00. The van der Waals surface area contributed by atoms with E-state index < -0.39 is 6.10 Å². The lowest BCUT2D eigenvalue weighted by molar-refractivity contribution is -0.127. The number of hydrogen-bond acceptors (Lipinski definition) is 4. The van der Waals surface area contributed by atoms with Gasteiger partial charge >= 0.3 is 0 Å². The fourth-order valence-corrected chi connectivity index (χ4v) is 2.75. The van der Waals surface area contributed by atoms with Gasteiger partial charge in [-0.25, -0.2) is 5.43 Å². The molecule has 0 unspecified atom stereocenters. The molecule has 0 aromatic heterocycles. The van der Waals surface area contributed by atoms with Crippen molar-refractivity contribution < 1.29 is 9.53 Å². The van der Waals surface area contributed by atoms with Crippen molar-refractivity contribution in [2.24, 2.45) is 5.10 Å². The molecule has 1 amide bonds. The second kappa shape index (κ2) is 7.63. The summed E-state index contributed by atoms with van der Waals surface area (Å²) in [6.45, 7) is 1.67. The van der Waals surface area contributed by atoms with Crippen LogP contribution in [-0.4, -0.2) is 17.7 Å². The molecule has 1 aliphatic carbocycles. The van der Waals surface area contributed by atoms with Crippen LogP contribution >= 0.6 is 0 Å². The minimum Gasteiger partial charge on any atom is -0.481 e. The van der Waals surface area contributed by atoms with Gasteiger partial charge in [0.2, 0.25) is 0 Å². The molecular formula is C20H19N3O2. The van der Waals surface area contributed by atoms with Gasteiger partial charge < -0.3 is 4.74 Å². The molecule has 0 radical (unpaired) electrons. The number of rotatable bonds is 4. The minimum absolute atomic E-state index is 0.296. The van der Waals surface area contributed by atoms with E-state index in [4.69, 9.17) is 10.00 Å². The van der Waals surface area contributed by atoms with Crippen LogP contribution in [0.25, 0.3) is 0 Å². The van der Waals surface area contributed by atoms with Crippen molar-refractivity contribution in [3.8, 4) is 11.8 Å². The summed E-state index contributed by atoms with van der Waals surface area (Å²) in [6.07, 6.45) is 1.89. The van der Waals surface area contributed by atoms with Crippen molar-refractivity contribution in [3.63, 3.8) is 0 Å². The second-order valence-corrected chi connectivity index (χ2v) is 6.00. The number of ether oxygens (including phenoxy) is 1. The van der Waals surface area contributed by atoms with Crippen molar-refractivity contribution >= 4 is 11.6 Å². The van der Waals surface area contributed by atoms with E-state index in [-0.39, 0.29) is 5.91 Å². The van der Waals surface area contributed by atoms with E-state index in [1.807, 2.05) is 18.2 Å². The van der Waals surface area contributed by atoms with E-state index in [0.29, 0.717) is 11.3 Å². The highest BCUT2D eigenvalue weighted by Crippen LogP contribution is 2.19. The summed E-state index contributed by atoms with van der Waals surface area (Å²) < 4.78 is 5.58. The minimum atomic E-state index is -0.673. The van der Waals surface area contributed by atoms with Crippen molar-refractivity contribution in [3.05, 3.63) is 65.2 Å². The SMILES string of the molecule is C[C@H](Oc1ccc(C#N)cc1)C(=O)N/N=C1\CCc2ccccc2C1. The quantitative estimate of drug-likeness (QED) is 0.874. The molecule has 0 saturated heterocycles. The number of carbonyl (C=O) groups is 1. The van der Waals surface area contributed by atoms with Gasteiger partial charge in [-0.15, -0.1) is 0 Å². The van der Waals surface area contributed by atoms with Crippen LogP contribution in [0.2, 0.25) is 0 Å². The van der Waals surface area contributed by atoms with Crippen LogP contribution in [0.3, 0.4) is 0 Å². The van der Waals surface area contributed by atoms with E-state index in [2.05, 4.69) is 22.7 Å². The lowest BCUT2D eigenvalue weighted by atomic mass is 9.90. The van der Waals surface area contributed by atoms with Crippen molar-refractivity contribution in [2.45, 2.75) is 32.3 Å². The molecule has 0 spiro atoms. The predicted molar refractivity (Wildman–Crippen MR) is 95.3 cm³/mol. The third kappa shape index (κ3) is 4.24. The Morgan fingerprint density at radius 1 is 1.16 bits per heavy atom. The summed E-state index contributed by atoms with van der Waals surface area (Å²) in [6, 6.07) is 17.0. The molecule has 1 aliphatic rings. The van der Waals surface area contributed by atoms with Gasteiger partial charge in [0.15, 0.2) is 6.10 Å². The van der Waals surface area contributed by atoms with Gasteiger partial charge in [-0.2, -0.15) is 10.4 Å². The van der Waals surface area contributed by atoms with Crippen LogP contribution in [0.1, 0.15) is 30.0 Å². The Balaban J connectivity index is 1.56. The summed E-state index contributed by atoms with van der Waals surface area (Å²) in [5, 5.41) is 13.1. The summed E-state index contributed by atoms with van der Waals surface area (Å²) in [5.41, 5.74) is 6.74. The van der Waals surface area contributed by atoms with Crippen LogP contribution < -0.4 is 10.2 Å². The largest absolute Gasteiger partial charge is 0.481 e. The molecule has 1 N–H and O–H groups in total. The van der Waals surface area contributed by atoms with E-state index in [1.165, 1.54) is 11.1 Å². The highest BCUT2D eigenvalue weighted by atomic mass is 16.5. The van der Waals surface area contributed by atoms with E-state index in [9.17, 15) is 4.79 Å². The van der Waals surface area contributed by atoms with Gasteiger partial charge in [-0.3, -0.25) is 4.79 Å². The Hall–Kier alpha value is -3.13. The summed E-state index contributed by atoms with van der Waals surface area (Å²) in [5.74, 6) is 0.247. The monoisotopic (exact) mass is 333 g/mol. The lowest BCUT2D eigenvalue weighted by Gasteiger charge is -2.18. The number of carbonyl (C=O) groups excluding carboxylic acids is 1. The Labute approximate surface area is 146 Å². The Morgan fingerprint density at radius 3 is 2.60 bits per heavy atom. The first-order chi connectivity index (χ1) is 12.2. The molecule has 25 heavy (non-hydrogen) atoms. The van der Waals surface area contributed by atoms with Gasteiger partial charge in [0.1, 0.15) is 5.75 Å². The smallest absolute Gasteiger partial charge is 0.280 e. The maximum Gasteiger partial charge on any atom is 0.280 e. The molecule has 5 heteroatoms. The van der Waals surface area contributed by atoms with Gasteiger partial charge in [0, 0.05) is 12.1 Å². The number of benzene rings is 2. The lowest BCUT2D eigenvalue weighted by Crippen LogP contribution is -2.34. The number of hydrazone groups is 1. The molecule has 0 bridgehead atoms. The molecule has 126 valence electrons. The van der Waals surface area contributed by atoms with Crippen molar-refractivity contribution in [2.75, 3.05) is 0 Å². The molecule has 0 aliphatic heterocycles. The number of nitrogens with zero attached hydrogens (tertiary/aromatic N) is 2. The zero-order chi connectivity index (χ0) is 17.6. The van der Waals surface area contributed by atoms with Gasteiger partial charge in [0.25, 0.3) is 5.91 Å². The number of nitriles is 1. The number of aryl methyl sites for hydroxylation is 1. The third-order valence-electron chi connectivity index (χ3n) is 4.19. The predicted octanol–water partition coefficient (Wildman–Crippen LogP) is 2.99. The van der Waals surface area contributed by atoms with Crippen LogP contribution in [0, 0.1) is 11.3 Å². The molecule has 0 heterocycles. The first-order valence-electron chi connectivity index (χ1n) is 8.24. The average Bonchev–Trinajstić information content (AvgIpc) is 2.66. The topological polar surface area (TPSA) is 74.5 Å². The highest BCUT2D eigenvalue weighted by molar-refractivity contribution is 5.90.